The lowest BCUT2D eigenvalue weighted by Crippen LogP contribution is -2.17. The number of esters is 1. The lowest BCUT2D eigenvalue weighted by Gasteiger charge is -2.23. The van der Waals surface area contributed by atoms with Crippen molar-refractivity contribution in [2.45, 2.75) is 31.6 Å². The highest BCUT2D eigenvalue weighted by Crippen LogP contribution is 2.37. The van der Waals surface area contributed by atoms with E-state index in [-0.39, 0.29) is 12.4 Å². The molecule has 0 aromatic heterocycles. The van der Waals surface area contributed by atoms with Crippen molar-refractivity contribution in [3.8, 4) is 11.1 Å². The highest BCUT2D eigenvalue weighted by atomic mass is 35.5. The smallest absolute Gasteiger partial charge is 0.305 e. The predicted molar refractivity (Wildman–Crippen MR) is 96.0 cm³/mol. The van der Waals surface area contributed by atoms with Crippen molar-refractivity contribution in [1.82, 2.24) is 0 Å². The predicted octanol–water partition coefficient (Wildman–Crippen LogP) is 5.80. The second-order valence-electron chi connectivity index (χ2n) is 5.56. The summed E-state index contributed by atoms with van der Waals surface area (Å²) in [5.41, 5.74) is 2.92. The highest BCUT2D eigenvalue weighted by molar-refractivity contribution is 6.33. The SMILES string of the molecule is CCOC(=O)CCC(C)(Cl)c1ccc(-c2ccccc2)c(Cl)c1. The van der Waals surface area contributed by atoms with Gasteiger partial charge in [0.25, 0.3) is 0 Å². The van der Waals surface area contributed by atoms with Crippen molar-refractivity contribution in [2.24, 2.45) is 0 Å². The van der Waals surface area contributed by atoms with E-state index < -0.39 is 4.87 Å². The molecule has 0 aliphatic rings. The zero-order valence-electron chi connectivity index (χ0n) is 13.3. The second-order valence-corrected chi connectivity index (χ2v) is 6.80. The number of ether oxygens (including phenoxy) is 1. The number of rotatable bonds is 6. The molecule has 1 atom stereocenters. The summed E-state index contributed by atoms with van der Waals surface area (Å²) < 4.78 is 4.95. The average molecular weight is 351 g/mol. The number of benzene rings is 2. The maximum absolute atomic E-state index is 11.5. The van der Waals surface area contributed by atoms with Gasteiger partial charge in [-0.05, 0) is 37.5 Å². The maximum atomic E-state index is 11.5. The molecule has 0 aliphatic carbocycles. The van der Waals surface area contributed by atoms with E-state index in [0.29, 0.717) is 18.1 Å². The zero-order chi connectivity index (χ0) is 16.9. The monoisotopic (exact) mass is 350 g/mol. The summed E-state index contributed by atoms with van der Waals surface area (Å²) in [5.74, 6) is -0.230. The molecule has 0 fully saturated rings. The summed E-state index contributed by atoms with van der Waals surface area (Å²) >= 11 is 13.0. The highest BCUT2D eigenvalue weighted by Gasteiger charge is 2.25. The van der Waals surface area contributed by atoms with Gasteiger partial charge in [0.05, 0.1) is 11.5 Å². The van der Waals surface area contributed by atoms with E-state index in [9.17, 15) is 4.79 Å². The van der Waals surface area contributed by atoms with E-state index >= 15 is 0 Å². The first-order valence-corrected chi connectivity index (χ1v) is 8.39. The Morgan fingerprint density at radius 1 is 1.17 bits per heavy atom. The third kappa shape index (κ3) is 4.73. The Hall–Kier alpha value is -1.51. The lowest BCUT2D eigenvalue weighted by atomic mass is 9.93. The summed E-state index contributed by atoms with van der Waals surface area (Å²) in [7, 11) is 0. The number of halogens is 2. The van der Waals surface area contributed by atoms with E-state index in [2.05, 4.69) is 0 Å². The Morgan fingerprint density at radius 2 is 1.87 bits per heavy atom. The quantitative estimate of drug-likeness (QED) is 0.485. The fourth-order valence-electron chi connectivity index (χ4n) is 2.41. The summed E-state index contributed by atoms with van der Waals surface area (Å²) in [5, 5.41) is 0.650. The van der Waals surface area contributed by atoms with Gasteiger partial charge in [0.15, 0.2) is 0 Å². The first kappa shape index (κ1) is 17.8. The van der Waals surface area contributed by atoms with Gasteiger partial charge >= 0.3 is 5.97 Å². The molecular formula is C19H20Cl2O2. The summed E-state index contributed by atoms with van der Waals surface area (Å²) in [6.07, 6.45) is 0.778. The maximum Gasteiger partial charge on any atom is 0.305 e. The Kier molecular flexibility index (Phi) is 6.09. The summed E-state index contributed by atoms with van der Waals surface area (Å²) in [4.78, 5) is 10.9. The Bertz CT molecular complexity index is 666. The molecule has 2 aromatic carbocycles. The van der Waals surface area contributed by atoms with Crippen LogP contribution in [0.25, 0.3) is 11.1 Å². The van der Waals surface area contributed by atoms with Crippen molar-refractivity contribution < 1.29 is 9.53 Å². The molecule has 2 rings (SSSR count). The zero-order valence-corrected chi connectivity index (χ0v) is 14.8. The molecule has 122 valence electrons. The van der Waals surface area contributed by atoms with Crippen molar-refractivity contribution in [1.29, 1.82) is 0 Å². The fraction of sp³-hybridized carbons (Fsp3) is 0.316. The number of hydrogen-bond acceptors (Lipinski definition) is 2. The van der Waals surface area contributed by atoms with Crippen LogP contribution in [0, 0.1) is 0 Å². The average Bonchev–Trinajstić information content (AvgIpc) is 2.54. The van der Waals surface area contributed by atoms with E-state index in [0.717, 1.165) is 16.7 Å². The van der Waals surface area contributed by atoms with E-state index in [1.807, 2.05) is 55.5 Å². The standard InChI is InChI=1S/C19H20Cl2O2/c1-3-23-18(22)11-12-19(2,21)15-9-10-16(17(20)13-15)14-7-5-4-6-8-14/h4-10,13H,3,11-12H2,1-2H3. The van der Waals surface area contributed by atoms with Crippen LogP contribution in [0.15, 0.2) is 48.5 Å². The molecule has 0 radical (unpaired) electrons. The van der Waals surface area contributed by atoms with E-state index in [1.54, 1.807) is 6.92 Å². The van der Waals surface area contributed by atoms with Gasteiger partial charge in [-0.15, -0.1) is 11.6 Å². The third-order valence-electron chi connectivity index (χ3n) is 3.76. The van der Waals surface area contributed by atoms with Crippen LogP contribution in [0.3, 0.4) is 0 Å². The lowest BCUT2D eigenvalue weighted by molar-refractivity contribution is -0.143. The first-order chi connectivity index (χ1) is 10.9. The molecule has 2 aromatic rings. The van der Waals surface area contributed by atoms with Gasteiger partial charge in [-0.3, -0.25) is 4.79 Å². The van der Waals surface area contributed by atoms with Gasteiger partial charge in [0.1, 0.15) is 0 Å². The normalized spacial score (nSPS) is 13.4. The number of alkyl halides is 1. The molecule has 4 heteroatoms. The largest absolute Gasteiger partial charge is 0.466 e. The minimum absolute atomic E-state index is 0.230. The summed E-state index contributed by atoms with van der Waals surface area (Å²) in [6.45, 7) is 4.07. The van der Waals surface area contributed by atoms with Crippen LogP contribution in [0.4, 0.5) is 0 Å². The molecule has 0 saturated carbocycles. The fourth-order valence-corrected chi connectivity index (χ4v) is 2.91. The van der Waals surface area contributed by atoms with Crippen molar-refractivity contribution >= 4 is 29.2 Å². The first-order valence-electron chi connectivity index (χ1n) is 7.64. The minimum Gasteiger partial charge on any atom is -0.466 e. The molecule has 0 spiro atoms. The number of carbonyl (C=O) groups is 1. The van der Waals surface area contributed by atoms with Crippen LogP contribution in [-0.2, 0) is 14.4 Å². The van der Waals surface area contributed by atoms with Crippen molar-refractivity contribution in [3.05, 3.63) is 59.1 Å². The molecule has 23 heavy (non-hydrogen) atoms. The number of hydrogen-bond donors (Lipinski definition) is 0. The van der Waals surface area contributed by atoms with Gasteiger partial charge in [0.2, 0.25) is 0 Å². The molecule has 2 nitrogen and oxygen atoms in total. The van der Waals surface area contributed by atoms with Gasteiger partial charge < -0.3 is 4.74 Å². The Morgan fingerprint density at radius 3 is 2.48 bits per heavy atom. The molecular weight excluding hydrogens is 331 g/mol. The van der Waals surface area contributed by atoms with Crippen LogP contribution in [0.2, 0.25) is 5.02 Å². The molecule has 0 N–H and O–H groups in total. The molecule has 0 heterocycles. The van der Waals surface area contributed by atoms with Crippen LogP contribution in [0.1, 0.15) is 32.3 Å². The van der Waals surface area contributed by atoms with Crippen molar-refractivity contribution in [3.63, 3.8) is 0 Å². The topological polar surface area (TPSA) is 26.3 Å². The van der Waals surface area contributed by atoms with Crippen LogP contribution >= 0.6 is 23.2 Å². The Balaban J connectivity index is 2.17. The van der Waals surface area contributed by atoms with Crippen LogP contribution < -0.4 is 0 Å². The summed E-state index contributed by atoms with van der Waals surface area (Å²) in [6, 6.07) is 15.8. The van der Waals surface area contributed by atoms with Gasteiger partial charge in [-0.1, -0.05) is 54.1 Å². The van der Waals surface area contributed by atoms with Gasteiger partial charge in [-0.25, -0.2) is 0 Å². The van der Waals surface area contributed by atoms with Gasteiger partial charge in [-0.2, -0.15) is 0 Å². The molecule has 0 saturated heterocycles. The number of carbonyl (C=O) groups excluding carboxylic acids is 1. The van der Waals surface area contributed by atoms with E-state index in [1.165, 1.54) is 0 Å². The molecule has 1 unspecified atom stereocenters. The minimum atomic E-state index is -0.661. The van der Waals surface area contributed by atoms with Gasteiger partial charge in [0, 0.05) is 17.0 Å². The molecule has 0 amide bonds. The van der Waals surface area contributed by atoms with Crippen molar-refractivity contribution in [2.75, 3.05) is 6.61 Å². The third-order valence-corrected chi connectivity index (χ3v) is 4.48. The second kappa shape index (κ2) is 7.85. The Labute approximate surface area is 147 Å². The molecule has 0 bridgehead atoms. The molecule has 0 aliphatic heterocycles. The van der Waals surface area contributed by atoms with Crippen LogP contribution in [0.5, 0.6) is 0 Å². The van der Waals surface area contributed by atoms with E-state index in [4.69, 9.17) is 27.9 Å². The van der Waals surface area contributed by atoms with Crippen LogP contribution in [-0.4, -0.2) is 12.6 Å².